The van der Waals surface area contributed by atoms with Crippen molar-refractivity contribution < 1.29 is 15.3 Å². The van der Waals surface area contributed by atoms with E-state index < -0.39 is 18.3 Å². The number of alkyl halides is 1. The summed E-state index contributed by atoms with van der Waals surface area (Å²) < 4.78 is 0. The van der Waals surface area contributed by atoms with Crippen molar-refractivity contribution in [2.24, 2.45) is 5.92 Å². The van der Waals surface area contributed by atoms with E-state index in [9.17, 15) is 10.2 Å². The van der Waals surface area contributed by atoms with Crippen molar-refractivity contribution in [2.75, 3.05) is 5.33 Å². The molecule has 0 amide bonds. The zero-order valence-corrected chi connectivity index (χ0v) is 7.74. The van der Waals surface area contributed by atoms with E-state index in [1.54, 1.807) is 0 Å². The Bertz CT molecular complexity index is 129. The standard InChI is InChI=1S/C7H13BrO3/c8-3-4-1-2-5(9)7(11)6(4)10/h4-7,9-11H,1-3H2/t4-,5+,6+,7+/m0/s1. The molecular weight excluding hydrogens is 212 g/mol. The molecule has 1 saturated carbocycles. The van der Waals surface area contributed by atoms with Gasteiger partial charge in [0.1, 0.15) is 6.10 Å². The van der Waals surface area contributed by atoms with Crippen molar-refractivity contribution in [1.29, 1.82) is 0 Å². The monoisotopic (exact) mass is 224 g/mol. The molecule has 0 aromatic heterocycles. The summed E-state index contributed by atoms with van der Waals surface area (Å²) in [5.41, 5.74) is 0. The molecule has 0 saturated heterocycles. The van der Waals surface area contributed by atoms with E-state index in [0.717, 1.165) is 6.42 Å². The third-order valence-electron chi connectivity index (χ3n) is 2.26. The smallest absolute Gasteiger partial charge is 0.106 e. The summed E-state index contributed by atoms with van der Waals surface area (Å²) in [4.78, 5) is 0. The molecule has 66 valence electrons. The molecule has 0 radical (unpaired) electrons. The van der Waals surface area contributed by atoms with E-state index in [1.165, 1.54) is 0 Å². The fourth-order valence-corrected chi connectivity index (χ4v) is 2.11. The van der Waals surface area contributed by atoms with Crippen molar-refractivity contribution in [3.05, 3.63) is 0 Å². The minimum absolute atomic E-state index is 0.0772. The summed E-state index contributed by atoms with van der Waals surface area (Å²) >= 11 is 3.25. The van der Waals surface area contributed by atoms with E-state index >= 15 is 0 Å². The van der Waals surface area contributed by atoms with Gasteiger partial charge in [-0.25, -0.2) is 0 Å². The summed E-state index contributed by atoms with van der Waals surface area (Å²) in [6, 6.07) is 0. The molecule has 4 atom stereocenters. The van der Waals surface area contributed by atoms with Gasteiger partial charge in [0.25, 0.3) is 0 Å². The molecule has 0 spiro atoms. The molecule has 3 N–H and O–H groups in total. The molecule has 3 nitrogen and oxygen atoms in total. The lowest BCUT2D eigenvalue weighted by atomic mass is 9.84. The number of aliphatic hydroxyl groups excluding tert-OH is 3. The average Bonchev–Trinajstić information content (AvgIpc) is 2.01. The third-order valence-corrected chi connectivity index (χ3v) is 3.09. The fraction of sp³-hybridized carbons (Fsp3) is 1.00. The van der Waals surface area contributed by atoms with Gasteiger partial charge in [-0.15, -0.1) is 0 Å². The highest BCUT2D eigenvalue weighted by Crippen LogP contribution is 2.26. The molecular formula is C7H13BrO3. The van der Waals surface area contributed by atoms with Crippen molar-refractivity contribution in [1.82, 2.24) is 0 Å². The van der Waals surface area contributed by atoms with Gasteiger partial charge in [0, 0.05) is 5.33 Å². The van der Waals surface area contributed by atoms with Crippen LogP contribution in [-0.4, -0.2) is 39.0 Å². The number of aliphatic hydroxyl groups is 3. The molecule has 1 fully saturated rings. The maximum Gasteiger partial charge on any atom is 0.106 e. The average molecular weight is 225 g/mol. The molecule has 1 aliphatic rings. The number of halogens is 1. The first-order chi connectivity index (χ1) is 5.16. The van der Waals surface area contributed by atoms with Crippen LogP contribution in [0.5, 0.6) is 0 Å². The van der Waals surface area contributed by atoms with E-state index in [1.807, 2.05) is 0 Å². The lowest BCUT2D eigenvalue weighted by Gasteiger charge is -2.34. The summed E-state index contributed by atoms with van der Waals surface area (Å²) in [6.45, 7) is 0. The van der Waals surface area contributed by atoms with Crippen LogP contribution in [0.1, 0.15) is 12.8 Å². The topological polar surface area (TPSA) is 60.7 Å². The predicted molar refractivity (Wildman–Crippen MR) is 44.5 cm³/mol. The van der Waals surface area contributed by atoms with E-state index in [0.29, 0.717) is 11.8 Å². The normalized spacial score (nSPS) is 45.8. The minimum atomic E-state index is -0.966. The van der Waals surface area contributed by atoms with Crippen LogP contribution in [0, 0.1) is 5.92 Å². The molecule has 0 unspecified atom stereocenters. The Morgan fingerprint density at radius 1 is 1.09 bits per heavy atom. The quantitative estimate of drug-likeness (QED) is 0.545. The zero-order chi connectivity index (χ0) is 8.43. The summed E-state index contributed by atoms with van der Waals surface area (Å²) in [5.74, 6) is 0.0772. The van der Waals surface area contributed by atoms with Gasteiger partial charge < -0.3 is 15.3 Å². The molecule has 0 bridgehead atoms. The Morgan fingerprint density at radius 2 is 1.73 bits per heavy atom. The number of hydrogen-bond donors (Lipinski definition) is 3. The van der Waals surface area contributed by atoms with Crippen LogP contribution in [0.15, 0.2) is 0 Å². The lowest BCUT2D eigenvalue weighted by molar-refractivity contribution is -0.105. The molecule has 0 heterocycles. The van der Waals surface area contributed by atoms with E-state index in [-0.39, 0.29) is 5.92 Å². The molecule has 11 heavy (non-hydrogen) atoms. The molecule has 0 aromatic rings. The van der Waals surface area contributed by atoms with Crippen LogP contribution in [0.4, 0.5) is 0 Å². The van der Waals surface area contributed by atoms with E-state index in [4.69, 9.17) is 5.11 Å². The Hall–Kier alpha value is 0.360. The first-order valence-corrected chi connectivity index (χ1v) is 4.89. The highest BCUT2D eigenvalue weighted by Gasteiger charge is 2.35. The van der Waals surface area contributed by atoms with Gasteiger partial charge in [0.2, 0.25) is 0 Å². The van der Waals surface area contributed by atoms with E-state index in [2.05, 4.69) is 15.9 Å². The highest BCUT2D eigenvalue weighted by atomic mass is 79.9. The minimum Gasteiger partial charge on any atom is -0.390 e. The highest BCUT2D eigenvalue weighted by molar-refractivity contribution is 9.09. The maximum absolute atomic E-state index is 9.37. The van der Waals surface area contributed by atoms with Crippen molar-refractivity contribution in [3.8, 4) is 0 Å². The lowest BCUT2D eigenvalue weighted by Crippen LogP contribution is -2.46. The van der Waals surface area contributed by atoms with Crippen molar-refractivity contribution in [3.63, 3.8) is 0 Å². The van der Waals surface area contributed by atoms with Gasteiger partial charge in [-0.3, -0.25) is 0 Å². The molecule has 0 aromatic carbocycles. The Morgan fingerprint density at radius 3 is 2.27 bits per heavy atom. The van der Waals surface area contributed by atoms with Gasteiger partial charge >= 0.3 is 0 Å². The van der Waals surface area contributed by atoms with Gasteiger partial charge in [0.05, 0.1) is 12.2 Å². The van der Waals surface area contributed by atoms with Crippen LogP contribution in [0.2, 0.25) is 0 Å². The fourth-order valence-electron chi connectivity index (χ4n) is 1.40. The Balaban J connectivity index is 2.52. The van der Waals surface area contributed by atoms with Crippen LogP contribution >= 0.6 is 15.9 Å². The largest absolute Gasteiger partial charge is 0.390 e. The van der Waals surface area contributed by atoms with Gasteiger partial charge in [-0.2, -0.15) is 0 Å². The maximum atomic E-state index is 9.37. The second kappa shape index (κ2) is 3.85. The molecule has 4 heteroatoms. The SMILES string of the molecule is O[C@@H]1[C@H](CBr)CC[C@@H](O)[C@H]1O. The van der Waals surface area contributed by atoms with Gasteiger partial charge in [-0.05, 0) is 18.8 Å². The second-order valence-corrected chi connectivity index (χ2v) is 3.69. The van der Waals surface area contributed by atoms with Crippen molar-refractivity contribution in [2.45, 2.75) is 31.2 Å². The first-order valence-electron chi connectivity index (χ1n) is 3.77. The summed E-state index contributed by atoms with van der Waals surface area (Å²) in [6.07, 6.45) is -1.15. The van der Waals surface area contributed by atoms with Gasteiger partial charge in [0.15, 0.2) is 0 Å². The van der Waals surface area contributed by atoms with Crippen LogP contribution < -0.4 is 0 Å². The Labute approximate surface area is 74.2 Å². The summed E-state index contributed by atoms with van der Waals surface area (Å²) in [7, 11) is 0. The van der Waals surface area contributed by atoms with Crippen LogP contribution in [-0.2, 0) is 0 Å². The second-order valence-electron chi connectivity index (χ2n) is 3.04. The first kappa shape index (κ1) is 9.45. The molecule has 0 aliphatic heterocycles. The summed E-state index contributed by atoms with van der Waals surface area (Å²) in [5, 5.41) is 28.4. The third kappa shape index (κ3) is 1.93. The number of hydrogen-bond acceptors (Lipinski definition) is 3. The predicted octanol–water partition coefficient (Wildman–Crippen LogP) is -0.126. The van der Waals surface area contributed by atoms with Crippen LogP contribution in [0.3, 0.4) is 0 Å². The van der Waals surface area contributed by atoms with Gasteiger partial charge in [-0.1, -0.05) is 15.9 Å². The number of rotatable bonds is 1. The van der Waals surface area contributed by atoms with Crippen LogP contribution in [0.25, 0.3) is 0 Å². The van der Waals surface area contributed by atoms with Crippen molar-refractivity contribution >= 4 is 15.9 Å². The molecule has 1 rings (SSSR count). The molecule has 1 aliphatic carbocycles. The zero-order valence-electron chi connectivity index (χ0n) is 6.15. The Kier molecular flexibility index (Phi) is 3.30.